The summed E-state index contributed by atoms with van der Waals surface area (Å²) in [6, 6.07) is 12.9. The molecule has 0 saturated heterocycles. The Morgan fingerprint density at radius 1 is 1.15 bits per heavy atom. The molecule has 1 aliphatic heterocycles. The summed E-state index contributed by atoms with van der Waals surface area (Å²) in [5.74, 6) is -1.12. The van der Waals surface area contributed by atoms with E-state index in [2.05, 4.69) is 0 Å². The monoisotopic (exact) mass is 489 g/mol. The number of hydrogen-bond donors (Lipinski definition) is 1. The maximum absolute atomic E-state index is 14.1. The standard InChI is InChI=1S/C25H28ClNO5S/c1-17-7-5-6-8-21(17)33(30,31)27-22(25(2,3)4)15-19(16-32-14-13-23(28)29)24(27)18-9-11-20(26)12-10-18/h5-15,22,24H,16H2,1-4H3,(H,28,29)/b14-13+/t22?,24-/m0/s1. The molecule has 176 valence electrons. The van der Waals surface area contributed by atoms with Crippen molar-refractivity contribution in [3.63, 3.8) is 0 Å². The van der Waals surface area contributed by atoms with Gasteiger partial charge in [0.1, 0.15) is 6.61 Å². The maximum atomic E-state index is 14.1. The van der Waals surface area contributed by atoms with Crippen LogP contribution in [-0.4, -0.2) is 36.4 Å². The Hall–Kier alpha value is -2.61. The second-order valence-corrected chi connectivity index (χ2v) is 11.3. The van der Waals surface area contributed by atoms with Crippen LogP contribution < -0.4 is 0 Å². The fraction of sp³-hybridized carbons (Fsp3) is 0.320. The lowest BCUT2D eigenvalue weighted by molar-refractivity contribution is -0.131. The van der Waals surface area contributed by atoms with Crippen molar-refractivity contribution in [1.29, 1.82) is 0 Å². The van der Waals surface area contributed by atoms with Crippen LogP contribution >= 0.6 is 11.6 Å². The van der Waals surface area contributed by atoms with E-state index in [4.69, 9.17) is 21.4 Å². The molecule has 0 fully saturated rings. The number of hydrogen-bond acceptors (Lipinski definition) is 4. The van der Waals surface area contributed by atoms with Crippen LogP contribution in [0.25, 0.3) is 0 Å². The Kier molecular flexibility index (Phi) is 7.36. The van der Waals surface area contributed by atoms with Gasteiger partial charge in [0.05, 0.1) is 23.3 Å². The summed E-state index contributed by atoms with van der Waals surface area (Å²) in [7, 11) is -3.91. The van der Waals surface area contributed by atoms with Gasteiger partial charge in [0, 0.05) is 11.1 Å². The molecular weight excluding hydrogens is 462 g/mol. The lowest BCUT2D eigenvalue weighted by Gasteiger charge is -2.37. The molecule has 1 unspecified atom stereocenters. The lowest BCUT2D eigenvalue weighted by atomic mass is 9.87. The van der Waals surface area contributed by atoms with E-state index in [1.807, 2.05) is 32.9 Å². The van der Waals surface area contributed by atoms with E-state index in [0.717, 1.165) is 23.5 Å². The topological polar surface area (TPSA) is 83.9 Å². The smallest absolute Gasteiger partial charge is 0.331 e. The van der Waals surface area contributed by atoms with Gasteiger partial charge in [0.15, 0.2) is 0 Å². The van der Waals surface area contributed by atoms with Gasteiger partial charge in [-0.2, -0.15) is 4.31 Å². The predicted molar refractivity (Wildman–Crippen MR) is 128 cm³/mol. The minimum Gasteiger partial charge on any atom is -0.497 e. The molecule has 1 aliphatic rings. The van der Waals surface area contributed by atoms with Crippen molar-refractivity contribution in [3.05, 3.63) is 88.7 Å². The van der Waals surface area contributed by atoms with Gasteiger partial charge in [-0.05, 0) is 47.2 Å². The highest BCUT2D eigenvalue weighted by molar-refractivity contribution is 7.89. The number of ether oxygens (including phenoxy) is 1. The fourth-order valence-electron chi connectivity index (χ4n) is 3.95. The van der Waals surface area contributed by atoms with Crippen molar-refractivity contribution < 1.29 is 23.1 Å². The third-order valence-electron chi connectivity index (χ3n) is 5.53. The van der Waals surface area contributed by atoms with E-state index >= 15 is 0 Å². The number of rotatable bonds is 7. The SMILES string of the molecule is Cc1ccccc1S(=O)(=O)N1C(C(C)(C)C)C=C(CO/C=C/C(=O)O)[C@@H]1c1ccc(Cl)cc1. The van der Waals surface area contributed by atoms with Crippen LogP contribution in [0, 0.1) is 12.3 Å². The minimum absolute atomic E-state index is 0.0451. The van der Waals surface area contributed by atoms with Gasteiger partial charge in [0.2, 0.25) is 10.0 Å². The zero-order chi connectivity index (χ0) is 24.4. The summed E-state index contributed by atoms with van der Waals surface area (Å²) in [6.07, 6.45) is 3.92. The number of halogens is 1. The van der Waals surface area contributed by atoms with Crippen LogP contribution in [0.4, 0.5) is 0 Å². The van der Waals surface area contributed by atoms with Crippen molar-refractivity contribution in [2.45, 2.75) is 44.7 Å². The average Bonchev–Trinajstić information content (AvgIpc) is 3.13. The molecule has 8 heteroatoms. The second kappa shape index (κ2) is 9.71. The summed E-state index contributed by atoms with van der Waals surface area (Å²) in [5.41, 5.74) is 1.72. The van der Waals surface area contributed by atoms with Crippen LogP contribution in [0.15, 0.2) is 77.4 Å². The van der Waals surface area contributed by atoms with E-state index in [9.17, 15) is 13.2 Å². The Labute approximate surface area is 200 Å². The number of nitrogens with zero attached hydrogens (tertiary/aromatic N) is 1. The number of aliphatic carboxylic acids is 1. The minimum atomic E-state index is -3.91. The number of sulfonamides is 1. The van der Waals surface area contributed by atoms with Crippen LogP contribution in [-0.2, 0) is 19.6 Å². The Balaban J connectivity index is 2.15. The highest BCUT2D eigenvalue weighted by Crippen LogP contribution is 2.46. The van der Waals surface area contributed by atoms with Crippen molar-refractivity contribution in [2.24, 2.45) is 5.41 Å². The van der Waals surface area contributed by atoms with Gasteiger partial charge in [-0.3, -0.25) is 0 Å². The van der Waals surface area contributed by atoms with Gasteiger partial charge < -0.3 is 9.84 Å². The van der Waals surface area contributed by atoms with E-state index in [-0.39, 0.29) is 11.5 Å². The zero-order valence-electron chi connectivity index (χ0n) is 19.0. The molecule has 6 nitrogen and oxygen atoms in total. The fourth-order valence-corrected chi connectivity index (χ4v) is 6.24. The molecule has 1 heterocycles. The lowest BCUT2D eigenvalue weighted by Crippen LogP contribution is -2.45. The van der Waals surface area contributed by atoms with Gasteiger partial charge in [-0.15, -0.1) is 0 Å². The van der Waals surface area contributed by atoms with Crippen LogP contribution in [0.1, 0.15) is 37.9 Å². The van der Waals surface area contributed by atoms with Crippen molar-refractivity contribution in [2.75, 3.05) is 6.61 Å². The highest BCUT2D eigenvalue weighted by Gasteiger charge is 2.48. The quantitative estimate of drug-likeness (QED) is 0.322. The maximum Gasteiger partial charge on any atom is 0.331 e. The third-order valence-corrected chi connectivity index (χ3v) is 7.79. The van der Waals surface area contributed by atoms with E-state index in [1.54, 1.807) is 49.4 Å². The van der Waals surface area contributed by atoms with Gasteiger partial charge in [-0.25, -0.2) is 13.2 Å². The number of carboxylic acid groups (broad SMARTS) is 1. The molecule has 0 bridgehead atoms. The van der Waals surface area contributed by atoms with Crippen LogP contribution in [0.2, 0.25) is 5.02 Å². The van der Waals surface area contributed by atoms with E-state index in [0.29, 0.717) is 10.6 Å². The second-order valence-electron chi connectivity index (χ2n) is 9.06. The number of benzene rings is 2. The van der Waals surface area contributed by atoms with Crippen LogP contribution in [0.5, 0.6) is 0 Å². The summed E-state index contributed by atoms with van der Waals surface area (Å²) in [6.45, 7) is 7.79. The summed E-state index contributed by atoms with van der Waals surface area (Å²) in [4.78, 5) is 11.0. The molecule has 2 aromatic rings. The first-order valence-electron chi connectivity index (χ1n) is 10.5. The van der Waals surface area contributed by atoms with Gasteiger partial charge in [0.25, 0.3) is 0 Å². The number of carbonyl (C=O) groups is 1. The molecule has 0 saturated carbocycles. The average molecular weight is 490 g/mol. The normalized spacial score (nSPS) is 19.6. The summed E-state index contributed by atoms with van der Waals surface area (Å²) in [5, 5.41) is 9.37. The third kappa shape index (κ3) is 5.49. The molecule has 33 heavy (non-hydrogen) atoms. The highest BCUT2D eigenvalue weighted by atomic mass is 35.5. The first-order chi connectivity index (χ1) is 15.4. The molecular formula is C25H28ClNO5S. The molecule has 0 aliphatic carbocycles. The molecule has 3 rings (SSSR count). The molecule has 2 aromatic carbocycles. The van der Waals surface area contributed by atoms with Crippen molar-refractivity contribution in [3.8, 4) is 0 Å². The molecule has 2 atom stereocenters. The molecule has 1 N–H and O–H groups in total. The zero-order valence-corrected chi connectivity index (χ0v) is 20.6. The molecule has 0 spiro atoms. The Bertz CT molecular complexity index is 1180. The Morgan fingerprint density at radius 3 is 2.36 bits per heavy atom. The first kappa shape index (κ1) is 25.0. The molecule has 0 radical (unpaired) electrons. The summed E-state index contributed by atoms with van der Waals surface area (Å²) < 4.78 is 35.1. The molecule has 0 amide bonds. The predicted octanol–water partition coefficient (Wildman–Crippen LogP) is 5.35. The largest absolute Gasteiger partial charge is 0.497 e. The van der Waals surface area contributed by atoms with Crippen LogP contribution in [0.3, 0.4) is 0 Å². The Morgan fingerprint density at radius 2 is 1.79 bits per heavy atom. The summed E-state index contributed by atoms with van der Waals surface area (Å²) >= 11 is 6.10. The van der Waals surface area contributed by atoms with Gasteiger partial charge >= 0.3 is 5.97 Å². The van der Waals surface area contributed by atoms with Crippen molar-refractivity contribution in [1.82, 2.24) is 4.31 Å². The van der Waals surface area contributed by atoms with E-state index in [1.165, 1.54) is 4.31 Å². The first-order valence-corrected chi connectivity index (χ1v) is 12.3. The molecule has 0 aromatic heterocycles. The van der Waals surface area contributed by atoms with Crippen molar-refractivity contribution >= 4 is 27.6 Å². The van der Waals surface area contributed by atoms with Gasteiger partial charge in [-0.1, -0.05) is 68.8 Å². The van der Waals surface area contributed by atoms with E-state index < -0.39 is 33.5 Å². The number of carboxylic acids is 1. The number of aryl methyl sites for hydroxylation is 1.